The van der Waals surface area contributed by atoms with Gasteiger partial charge in [0.25, 0.3) is 5.91 Å². The third-order valence-electron chi connectivity index (χ3n) is 4.43. The highest BCUT2D eigenvalue weighted by Gasteiger charge is 2.15. The van der Waals surface area contributed by atoms with Crippen molar-refractivity contribution in [3.05, 3.63) is 71.3 Å². The lowest BCUT2D eigenvalue weighted by molar-refractivity contribution is -0.112. The molecule has 0 heterocycles. The van der Waals surface area contributed by atoms with Gasteiger partial charge in [-0.05, 0) is 60.9 Å². The summed E-state index contributed by atoms with van der Waals surface area (Å²) in [5, 5.41) is 12.2. The Morgan fingerprint density at radius 2 is 1.91 bits per heavy atom. The van der Waals surface area contributed by atoms with Crippen LogP contribution < -0.4 is 14.8 Å². The number of nitrogens with zero attached hydrogens (tertiary/aromatic N) is 1. The Kier molecular flexibility index (Phi) is 9.05. The highest BCUT2D eigenvalue weighted by molar-refractivity contribution is 6.09. The molecule has 0 fully saturated rings. The summed E-state index contributed by atoms with van der Waals surface area (Å²) in [6, 6.07) is 11.7. The molecular weight excluding hydrogens is 408 g/mol. The van der Waals surface area contributed by atoms with Crippen molar-refractivity contribution in [3.63, 3.8) is 0 Å². The van der Waals surface area contributed by atoms with Crippen molar-refractivity contribution in [1.82, 2.24) is 0 Å². The Hall–Kier alpha value is -4.05. The van der Waals surface area contributed by atoms with Crippen LogP contribution in [-0.2, 0) is 16.0 Å². The van der Waals surface area contributed by atoms with Crippen LogP contribution in [0.15, 0.2) is 54.6 Å². The first-order chi connectivity index (χ1) is 15.5. The van der Waals surface area contributed by atoms with Gasteiger partial charge in [0.1, 0.15) is 11.6 Å². The number of anilines is 1. The number of hydrogen-bond donors (Lipinski definition) is 1. The van der Waals surface area contributed by atoms with Crippen LogP contribution in [0, 0.1) is 11.3 Å². The number of amides is 1. The normalized spacial score (nSPS) is 10.6. The summed E-state index contributed by atoms with van der Waals surface area (Å²) in [6.45, 7) is 6.33. The molecular formula is C25H26N2O5. The molecule has 1 amide bonds. The molecule has 7 nitrogen and oxygen atoms in total. The number of benzene rings is 2. The molecule has 0 aromatic heterocycles. The van der Waals surface area contributed by atoms with Gasteiger partial charge in [-0.3, -0.25) is 4.79 Å². The smallest absolute Gasteiger partial charge is 0.337 e. The molecule has 0 saturated heterocycles. The predicted octanol–water partition coefficient (Wildman–Crippen LogP) is 4.54. The van der Waals surface area contributed by atoms with E-state index in [-0.39, 0.29) is 5.57 Å². The lowest BCUT2D eigenvalue weighted by Gasteiger charge is -2.15. The summed E-state index contributed by atoms with van der Waals surface area (Å²) in [4.78, 5) is 24.2. The monoisotopic (exact) mass is 434 g/mol. The number of nitriles is 1. The number of carbonyl (C=O) groups excluding carboxylic acids is 2. The largest absolute Gasteiger partial charge is 0.493 e. The molecule has 32 heavy (non-hydrogen) atoms. The molecule has 0 radical (unpaired) electrons. The van der Waals surface area contributed by atoms with Gasteiger partial charge in [0.05, 0.1) is 26.4 Å². The van der Waals surface area contributed by atoms with Gasteiger partial charge in [-0.15, -0.1) is 6.58 Å². The van der Waals surface area contributed by atoms with E-state index in [1.54, 1.807) is 24.3 Å². The van der Waals surface area contributed by atoms with Gasteiger partial charge in [-0.1, -0.05) is 13.0 Å². The first-order valence-corrected chi connectivity index (χ1v) is 10.0. The van der Waals surface area contributed by atoms with Crippen molar-refractivity contribution < 1.29 is 23.8 Å². The Balaban J connectivity index is 2.32. The zero-order valence-electron chi connectivity index (χ0n) is 18.4. The fourth-order valence-electron chi connectivity index (χ4n) is 2.91. The number of rotatable bonds is 10. The molecule has 0 aliphatic heterocycles. The van der Waals surface area contributed by atoms with Gasteiger partial charge in [0.15, 0.2) is 11.5 Å². The minimum Gasteiger partial charge on any atom is -0.493 e. The third-order valence-corrected chi connectivity index (χ3v) is 4.43. The molecule has 0 unspecified atom stereocenters. The quantitative estimate of drug-likeness (QED) is 0.255. The number of carbonyl (C=O) groups is 2. The van der Waals surface area contributed by atoms with E-state index in [0.29, 0.717) is 41.3 Å². The zero-order chi connectivity index (χ0) is 23.5. The van der Waals surface area contributed by atoms with Crippen molar-refractivity contribution in [2.45, 2.75) is 19.8 Å². The highest BCUT2D eigenvalue weighted by atomic mass is 16.5. The first kappa shape index (κ1) is 24.2. The number of nitrogens with one attached hydrogen (secondary N) is 1. The molecule has 2 rings (SSSR count). The van der Waals surface area contributed by atoms with Gasteiger partial charge < -0.3 is 19.5 Å². The average molecular weight is 434 g/mol. The number of hydrogen-bond acceptors (Lipinski definition) is 6. The Morgan fingerprint density at radius 1 is 1.19 bits per heavy atom. The maximum absolute atomic E-state index is 12.6. The van der Waals surface area contributed by atoms with E-state index in [1.165, 1.54) is 32.4 Å². The fourth-order valence-corrected chi connectivity index (χ4v) is 2.91. The number of allylic oxidation sites excluding steroid dienone is 1. The van der Waals surface area contributed by atoms with Crippen molar-refractivity contribution in [1.29, 1.82) is 5.26 Å². The molecule has 1 N–H and O–H groups in total. The second-order valence-electron chi connectivity index (χ2n) is 6.75. The summed E-state index contributed by atoms with van der Waals surface area (Å²) >= 11 is 0. The van der Waals surface area contributed by atoms with Crippen LogP contribution in [0.4, 0.5) is 5.69 Å². The standard InChI is InChI=1S/C25H26N2O5/c1-5-7-19-13-17(15-22(30-3)23(19)32-12-6-2)14-20(16-26)24(28)27-21-10-8-18(9-11-21)25(29)31-4/h5,8-11,13-15H,1,6-7,12H2,2-4H3,(H,27,28)/b20-14+. The number of methoxy groups -OCH3 is 2. The van der Waals surface area contributed by atoms with Crippen LogP contribution in [0.25, 0.3) is 6.08 Å². The summed E-state index contributed by atoms with van der Waals surface area (Å²) in [5.41, 5.74) is 2.17. The lowest BCUT2D eigenvalue weighted by Crippen LogP contribution is -2.13. The van der Waals surface area contributed by atoms with Crippen LogP contribution in [-0.4, -0.2) is 32.7 Å². The van der Waals surface area contributed by atoms with E-state index >= 15 is 0 Å². The Morgan fingerprint density at radius 3 is 2.47 bits per heavy atom. The SMILES string of the molecule is C=CCc1cc(/C=C(\C#N)C(=O)Nc2ccc(C(=O)OC)cc2)cc(OC)c1OCCC. The number of esters is 1. The maximum atomic E-state index is 12.6. The van der Waals surface area contributed by atoms with E-state index in [1.807, 2.05) is 19.1 Å². The van der Waals surface area contributed by atoms with Crippen LogP contribution in [0.1, 0.15) is 34.8 Å². The van der Waals surface area contributed by atoms with E-state index in [0.717, 1.165) is 12.0 Å². The van der Waals surface area contributed by atoms with E-state index < -0.39 is 11.9 Å². The van der Waals surface area contributed by atoms with Gasteiger partial charge in [-0.25, -0.2) is 4.79 Å². The average Bonchev–Trinajstić information content (AvgIpc) is 2.81. The summed E-state index contributed by atoms with van der Waals surface area (Å²) in [6.07, 6.45) is 4.61. The van der Waals surface area contributed by atoms with E-state index in [4.69, 9.17) is 9.47 Å². The highest BCUT2D eigenvalue weighted by Crippen LogP contribution is 2.34. The molecule has 166 valence electrons. The van der Waals surface area contributed by atoms with Crippen molar-refractivity contribution in [2.24, 2.45) is 0 Å². The van der Waals surface area contributed by atoms with Crippen molar-refractivity contribution in [2.75, 3.05) is 26.1 Å². The molecule has 2 aromatic carbocycles. The number of ether oxygens (including phenoxy) is 3. The van der Waals surface area contributed by atoms with Gasteiger partial charge in [0, 0.05) is 11.3 Å². The Labute approximate surface area is 187 Å². The molecule has 0 spiro atoms. The summed E-state index contributed by atoms with van der Waals surface area (Å²) in [5.74, 6) is 0.0881. The molecule has 0 aliphatic carbocycles. The summed E-state index contributed by atoms with van der Waals surface area (Å²) < 4.78 is 16.0. The second-order valence-corrected chi connectivity index (χ2v) is 6.75. The van der Waals surface area contributed by atoms with Crippen molar-refractivity contribution >= 4 is 23.6 Å². The zero-order valence-corrected chi connectivity index (χ0v) is 18.4. The Bertz CT molecular complexity index is 1050. The second kappa shape index (κ2) is 12.0. The molecule has 2 aromatic rings. The molecule has 0 saturated carbocycles. The van der Waals surface area contributed by atoms with Crippen molar-refractivity contribution in [3.8, 4) is 17.6 Å². The molecule has 0 atom stereocenters. The predicted molar refractivity (Wildman–Crippen MR) is 123 cm³/mol. The van der Waals surface area contributed by atoms with Crippen LogP contribution in [0.3, 0.4) is 0 Å². The minimum atomic E-state index is -0.575. The summed E-state index contributed by atoms with van der Waals surface area (Å²) in [7, 11) is 2.83. The topological polar surface area (TPSA) is 97.7 Å². The van der Waals surface area contributed by atoms with Crippen LogP contribution in [0.5, 0.6) is 11.5 Å². The minimum absolute atomic E-state index is 0.0872. The van der Waals surface area contributed by atoms with Crippen LogP contribution in [0.2, 0.25) is 0 Å². The fraction of sp³-hybridized carbons (Fsp3) is 0.240. The third kappa shape index (κ3) is 6.22. The lowest BCUT2D eigenvalue weighted by atomic mass is 10.0. The molecule has 0 bridgehead atoms. The van der Waals surface area contributed by atoms with Gasteiger partial charge in [-0.2, -0.15) is 5.26 Å². The maximum Gasteiger partial charge on any atom is 0.337 e. The first-order valence-electron chi connectivity index (χ1n) is 10.0. The van der Waals surface area contributed by atoms with E-state index in [2.05, 4.69) is 16.6 Å². The van der Waals surface area contributed by atoms with Crippen LogP contribution >= 0.6 is 0 Å². The van der Waals surface area contributed by atoms with Gasteiger partial charge in [0.2, 0.25) is 0 Å². The van der Waals surface area contributed by atoms with E-state index in [9.17, 15) is 14.9 Å². The van der Waals surface area contributed by atoms with Gasteiger partial charge >= 0.3 is 5.97 Å². The molecule has 7 heteroatoms. The molecule has 0 aliphatic rings.